The van der Waals surface area contributed by atoms with E-state index in [1.165, 1.54) is 4.68 Å². The third kappa shape index (κ3) is 4.76. The van der Waals surface area contributed by atoms with Crippen molar-refractivity contribution >= 4 is 23.3 Å². The Morgan fingerprint density at radius 2 is 2.12 bits per heavy atom. The number of aryl methyl sites for hydroxylation is 1. The van der Waals surface area contributed by atoms with Crippen LogP contribution >= 0.6 is 0 Å². The Morgan fingerprint density at radius 3 is 2.77 bits per heavy atom. The standard InChI is InChI=1S/C19H28N4O3/c1-4-6-10-14(24)12-23-17(20)16(19(25)26-5-2)18(22-23)21-15-11-8-7-9-13(15)3/h7-9,11,14,24H,4-6,10,12,20H2,1-3H3,(H,21,22). The van der Waals surface area contributed by atoms with Crippen molar-refractivity contribution in [3.05, 3.63) is 35.4 Å². The highest BCUT2D eigenvalue weighted by molar-refractivity contribution is 6.00. The number of hydrogen-bond donors (Lipinski definition) is 3. The summed E-state index contributed by atoms with van der Waals surface area (Å²) in [6.07, 6.45) is 2.00. The first-order valence-electron chi connectivity index (χ1n) is 9.02. The number of carbonyl (C=O) groups is 1. The van der Waals surface area contributed by atoms with Crippen molar-refractivity contribution in [2.75, 3.05) is 17.7 Å². The van der Waals surface area contributed by atoms with Crippen LogP contribution in [0.15, 0.2) is 24.3 Å². The summed E-state index contributed by atoms with van der Waals surface area (Å²) in [5, 5.41) is 17.8. The van der Waals surface area contributed by atoms with E-state index in [0.29, 0.717) is 12.2 Å². The average molecular weight is 360 g/mol. The largest absolute Gasteiger partial charge is 0.462 e. The lowest BCUT2D eigenvalue weighted by atomic mass is 10.1. The zero-order chi connectivity index (χ0) is 19.1. The highest BCUT2D eigenvalue weighted by atomic mass is 16.5. The van der Waals surface area contributed by atoms with Crippen molar-refractivity contribution in [2.45, 2.75) is 52.7 Å². The Balaban J connectivity index is 2.34. The fourth-order valence-corrected chi connectivity index (χ4v) is 2.68. The highest BCUT2D eigenvalue weighted by Crippen LogP contribution is 2.28. The van der Waals surface area contributed by atoms with Gasteiger partial charge in [-0.05, 0) is 31.9 Å². The average Bonchev–Trinajstić information content (AvgIpc) is 2.90. The number of ether oxygens (including phenoxy) is 1. The maximum absolute atomic E-state index is 12.4. The molecule has 1 aromatic carbocycles. The monoisotopic (exact) mass is 360 g/mol. The second-order valence-electron chi connectivity index (χ2n) is 6.25. The number of nitrogens with zero attached hydrogens (tertiary/aromatic N) is 2. The van der Waals surface area contributed by atoms with Crippen LogP contribution in [0, 0.1) is 6.92 Å². The molecule has 4 N–H and O–H groups in total. The summed E-state index contributed by atoms with van der Waals surface area (Å²) in [4.78, 5) is 12.4. The molecule has 0 aliphatic rings. The van der Waals surface area contributed by atoms with Crippen molar-refractivity contribution in [1.29, 1.82) is 0 Å². The predicted molar refractivity (Wildman–Crippen MR) is 103 cm³/mol. The van der Waals surface area contributed by atoms with Crippen LogP contribution in [0.25, 0.3) is 0 Å². The number of nitrogen functional groups attached to an aromatic ring is 1. The number of aliphatic hydroxyl groups is 1. The van der Waals surface area contributed by atoms with Gasteiger partial charge in [0.25, 0.3) is 0 Å². The van der Waals surface area contributed by atoms with Gasteiger partial charge in [0, 0.05) is 5.69 Å². The van der Waals surface area contributed by atoms with Crippen LogP contribution in [0.4, 0.5) is 17.3 Å². The maximum atomic E-state index is 12.4. The van der Waals surface area contributed by atoms with Crippen LogP contribution in [0.1, 0.15) is 49.0 Å². The molecular weight excluding hydrogens is 332 g/mol. The molecule has 7 heteroatoms. The van der Waals surface area contributed by atoms with Crippen LogP contribution in [0.5, 0.6) is 0 Å². The second-order valence-corrected chi connectivity index (χ2v) is 6.25. The smallest absolute Gasteiger partial charge is 0.345 e. The van der Waals surface area contributed by atoms with Crippen LogP contribution in [0.2, 0.25) is 0 Å². The molecule has 2 rings (SSSR count). The molecule has 2 aromatic rings. The van der Waals surface area contributed by atoms with Crippen molar-refractivity contribution in [1.82, 2.24) is 9.78 Å². The number of unbranched alkanes of at least 4 members (excludes halogenated alkanes) is 1. The van der Waals surface area contributed by atoms with Gasteiger partial charge in [-0.1, -0.05) is 38.0 Å². The molecule has 1 aromatic heterocycles. The third-order valence-corrected chi connectivity index (χ3v) is 4.14. The van der Waals surface area contributed by atoms with Gasteiger partial charge in [-0.15, -0.1) is 0 Å². The number of rotatable bonds is 9. The van der Waals surface area contributed by atoms with Gasteiger partial charge in [0.1, 0.15) is 11.4 Å². The van der Waals surface area contributed by atoms with E-state index >= 15 is 0 Å². The van der Waals surface area contributed by atoms with Gasteiger partial charge >= 0.3 is 5.97 Å². The minimum absolute atomic E-state index is 0.190. The van der Waals surface area contributed by atoms with E-state index in [0.717, 1.165) is 24.1 Å². The lowest BCUT2D eigenvalue weighted by Gasteiger charge is -2.11. The zero-order valence-corrected chi connectivity index (χ0v) is 15.7. The number of esters is 1. The molecule has 0 fully saturated rings. The summed E-state index contributed by atoms with van der Waals surface area (Å²) in [6, 6.07) is 7.69. The van der Waals surface area contributed by atoms with E-state index < -0.39 is 12.1 Å². The number of benzene rings is 1. The first kappa shape index (κ1) is 19.8. The fourth-order valence-electron chi connectivity index (χ4n) is 2.68. The molecule has 0 aliphatic carbocycles. The van der Waals surface area contributed by atoms with Crippen molar-refractivity contribution < 1.29 is 14.6 Å². The van der Waals surface area contributed by atoms with E-state index in [1.54, 1.807) is 6.92 Å². The van der Waals surface area contributed by atoms with E-state index in [-0.39, 0.29) is 24.5 Å². The lowest BCUT2D eigenvalue weighted by molar-refractivity contribution is 0.0528. The van der Waals surface area contributed by atoms with Gasteiger partial charge in [0.15, 0.2) is 5.82 Å². The molecule has 1 unspecified atom stereocenters. The van der Waals surface area contributed by atoms with Crippen molar-refractivity contribution in [3.8, 4) is 0 Å². The predicted octanol–water partition coefficient (Wildman–Crippen LogP) is 3.25. The summed E-state index contributed by atoms with van der Waals surface area (Å²) in [5.41, 5.74) is 8.19. The summed E-state index contributed by atoms with van der Waals surface area (Å²) in [6.45, 7) is 6.24. The number of para-hydroxylation sites is 1. The van der Waals surface area contributed by atoms with Crippen LogP contribution < -0.4 is 11.1 Å². The fraction of sp³-hybridized carbons (Fsp3) is 0.474. The third-order valence-electron chi connectivity index (χ3n) is 4.14. The number of anilines is 3. The minimum Gasteiger partial charge on any atom is -0.462 e. The van der Waals surface area contributed by atoms with E-state index in [9.17, 15) is 9.90 Å². The number of nitrogens with two attached hydrogens (primary N) is 1. The second kappa shape index (κ2) is 9.24. The minimum atomic E-state index is -0.571. The molecule has 0 bridgehead atoms. The molecule has 1 heterocycles. The molecule has 0 spiro atoms. The van der Waals surface area contributed by atoms with Crippen LogP contribution in [0.3, 0.4) is 0 Å². The van der Waals surface area contributed by atoms with E-state index in [2.05, 4.69) is 17.3 Å². The number of carbonyl (C=O) groups excluding carboxylic acids is 1. The number of aromatic nitrogens is 2. The number of aliphatic hydroxyl groups excluding tert-OH is 1. The molecule has 0 saturated heterocycles. The van der Waals surface area contributed by atoms with Gasteiger partial charge in [-0.25, -0.2) is 9.48 Å². The molecule has 142 valence electrons. The van der Waals surface area contributed by atoms with Crippen LogP contribution in [-0.4, -0.2) is 33.6 Å². The Hall–Kier alpha value is -2.54. The number of hydrogen-bond acceptors (Lipinski definition) is 6. The Morgan fingerprint density at radius 1 is 1.38 bits per heavy atom. The molecule has 26 heavy (non-hydrogen) atoms. The molecule has 1 atom stereocenters. The lowest BCUT2D eigenvalue weighted by Crippen LogP contribution is -2.19. The Bertz CT molecular complexity index is 742. The van der Waals surface area contributed by atoms with E-state index in [1.807, 2.05) is 31.2 Å². The highest BCUT2D eigenvalue weighted by Gasteiger charge is 2.24. The molecule has 0 saturated carbocycles. The first-order chi connectivity index (χ1) is 12.5. The first-order valence-corrected chi connectivity index (χ1v) is 9.02. The SMILES string of the molecule is CCCCC(O)Cn1nc(Nc2ccccc2C)c(C(=O)OCC)c1N. The zero-order valence-electron chi connectivity index (χ0n) is 15.7. The van der Waals surface area contributed by atoms with Crippen molar-refractivity contribution in [2.24, 2.45) is 0 Å². The van der Waals surface area contributed by atoms with Gasteiger partial charge in [0.2, 0.25) is 0 Å². The quantitative estimate of drug-likeness (QED) is 0.593. The van der Waals surface area contributed by atoms with Gasteiger partial charge in [-0.2, -0.15) is 5.10 Å². The maximum Gasteiger partial charge on any atom is 0.345 e. The van der Waals surface area contributed by atoms with Gasteiger partial charge in [0.05, 0.1) is 19.3 Å². The van der Waals surface area contributed by atoms with Crippen molar-refractivity contribution in [3.63, 3.8) is 0 Å². The normalized spacial score (nSPS) is 12.0. The summed E-state index contributed by atoms with van der Waals surface area (Å²) in [7, 11) is 0. The van der Waals surface area contributed by atoms with Crippen LogP contribution in [-0.2, 0) is 11.3 Å². The van der Waals surface area contributed by atoms with E-state index in [4.69, 9.17) is 10.5 Å². The van der Waals surface area contributed by atoms with Gasteiger partial charge < -0.3 is 20.9 Å². The summed E-state index contributed by atoms with van der Waals surface area (Å²) >= 11 is 0. The Kier molecular flexibility index (Phi) is 7.03. The Labute approximate surface area is 154 Å². The molecule has 0 amide bonds. The van der Waals surface area contributed by atoms with Gasteiger partial charge in [-0.3, -0.25) is 0 Å². The molecular formula is C19H28N4O3. The summed E-state index contributed by atoms with van der Waals surface area (Å²) in [5.74, 6) is -0.0107. The number of nitrogens with one attached hydrogen (secondary N) is 1. The molecule has 0 radical (unpaired) electrons. The molecule has 7 nitrogen and oxygen atoms in total. The molecule has 0 aliphatic heterocycles. The summed E-state index contributed by atoms with van der Waals surface area (Å²) < 4.78 is 6.59. The topological polar surface area (TPSA) is 102 Å².